The third-order valence-corrected chi connectivity index (χ3v) is 7.18. The molecule has 1 saturated carbocycles. The summed E-state index contributed by atoms with van der Waals surface area (Å²) in [4.78, 5) is 0. The van der Waals surface area contributed by atoms with E-state index in [1.807, 2.05) is 0 Å². The van der Waals surface area contributed by atoms with Crippen molar-refractivity contribution in [3.63, 3.8) is 0 Å². The zero-order valence-corrected chi connectivity index (χ0v) is 21.3. The van der Waals surface area contributed by atoms with Crippen LogP contribution < -0.4 is 9.47 Å². The fourth-order valence-electron chi connectivity index (χ4n) is 5.16. The summed E-state index contributed by atoms with van der Waals surface area (Å²) in [5, 5.41) is 0. The van der Waals surface area contributed by atoms with E-state index in [0.717, 1.165) is 67.9 Å². The largest absolute Gasteiger partial charge is 0.491 e. The van der Waals surface area contributed by atoms with E-state index in [-0.39, 0.29) is 12.4 Å². The van der Waals surface area contributed by atoms with Crippen molar-refractivity contribution in [3.8, 4) is 22.6 Å². The highest BCUT2D eigenvalue weighted by atomic mass is 19.3. The van der Waals surface area contributed by atoms with Crippen molar-refractivity contribution in [1.29, 1.82) is 0 Å². The molecule has 0 unspecified atom stereocenters. The maximum atomic E-state index is 14.9. The topological polar surface area (TPSA) is 18.5 Å². The van der Waals surface area contributed by atoms with E-state index in [0.29, 0.717) is 5.92 Å². The Labute approximate surface area is 218 Å². The second-order valence-electron chi connectivity index (χ2n) is 9.66. The van der Waals surface area contributed by atoms with Crippen LogP contribution >= 0.6 is 0 Å². The molecular formula is C30H30F6O2. The monoisotopic (exact) mass is 536 g/mol. The first-order chi connectivity index (χ1) is 18.2. The van der Waals surface area contributed by atoms with Crippen molar-refractivity contribution in [1.82, 2.24) is 0 Å². The summed E-state index contributed by atoms with van der Waals surface area (Å²) in [7, 11) is 0. The summed E-state index contributed by atoms with van der Waals surface area (Å²) < 4.78 is 97.6. The maximum absolute atomic E-state index is 14.9. The number of hydrogen-bond acceptors (Lipinski definition) is 2. The molecule has 0 saturated heterocycles. The molecule has 3 aromatic carbocycles. The molecule has 204 valence electrons. The molecule has 0 aromatic heterocycles. The van der Waals surface area contributed by atoms with Gasteiger partial charge in [0.05, 0.1) is 12.2 Å². The van der Waals surface area contributed by atoms with Crippen LogP contribution in [0, 0.1) is 29.2 Å². The fraction of sp³-hybridized carbons (Fsp3) is 0.400. The van der Waals surface area contributed by atoms with Gasteiger partial charge in [0, 0.05) is 11.1 Å². The smallest absolute Gasteiger partial charge is 0.426 e. The minimum atomic E-state index is -3.96. The van der Waals surface area contributed by atoms with E-state index in [4.69, 9.17) is 4.74 Å². The summed E-state index contributed by atoms with van der Waals surface area (Å²) in [5.74, 6) is -6.61. The average molecular weight is 537 g/mol. The molecule has 0 atom stereocenters. The maximum Gasteiger partial charge on any atom is 0.426 e. The van der Waals surface area contributed by atoms with Gasteiger partial charge in [0.1, 0.15) is 0 Å². The first kappa shape index (κ1) is 27.9. The van der Waals surface area contributed by atoms with Gasteiger partial charge in [-0.3, -0.25) is 0 Å². The first-order valence-corrected chi connectivity index (χ1v) is 12.9. The summed E-state index contributed by atoms with van der Waals surface area (Å²) in [6, 6.07) is 9.43. The molecule has 0 spiro atoms. The zero-order chi connectivity index (χ0) is 27.4. The second kappa shape index (κ2) is 11.7. The van der Waals surface area contributed by atoms with Gasteiger partial charge in [0.2, 0.25) is 11.6 Å². The SMILES string of the molecule is CCCC1CCC(c2ccc(C(F)(F)Oc3ccc(-c4ccc(OCC)c(F)c4F)c(F)c3F)cc2)CC1. The average Bonchev–Trinajstić information content (AvgIpc) is 2.91. The van der Waals surface area contributed by atoms with Crippen molar-refractivity contribution in [2.75, 3.05) is 6.61 Å². The van der Waals surface area contributed by atoms with E-state index in [2.05, 4.69) is 11.7 Å². The van der Waals surface area contributed by atoms with Crippen LogP contribution in [0.1, 0.15) is 69.4 Å². The number of alkyl halides is 2. The molecule has 4 rings (SSSR count). The van der Waals surface area contributed by atoms with Crippen LogP contribution in [0.4, 0.5) is 26.3 Å². The molecule has 3 aromatic rings. The first-order valence-electron chi connectivity index (χ1n) is 12.9. The van der Waals surface area contributed by atoms with Crippen LogP contribution in [-0.2, 0) is 6.11 Å². The Morgan fingerprint density at radius 3 is 1.82 bits per heavy atom. The van der Waals surface area contributed by atoms with Crippen LogP contribution in [0.25, 0.3) is 11.1 Å². The molecule has 0 bridgehead atoms. The quantitative estimate of drug-likeness (QED) is 0.254. The van der Waals surface area contributed by atoms with Crippen LogP contribution in [0.3, 0.4) is 0 Å². The molecule has 8 heteroatoms. The highest BCUT2D eigenvalue weighted by molar-refractivity contribution is 5.67. The van der Waals surface area contributed by atoms with Gasteiger partial charge < -0.3 is 9.47 Å². The van der Waals surface area contributed by atoms with Crippen LogP contribution in [0.15, 0.2) is 48.5 Å². The van der Waals surface area contributed by atoms with Gasteiger partial charge in [0.15, 0.2) is 23.1 Å². The Hall–Kier alpha value is -3.16. The standard InChI is InChI=1S/C30H30F6O2/c1-3-5-18-6-8-19(9-7-18)20-10-12-21(13-11-20)30(35,36)38-25-17-15-23(27(32)29(25)34)22-14-16-24(37-4-2)28(33)26(22)31/h10-19H,3-9H2,1-2H3. The molecule has 1 aliphatic carbocycles. The predicted molar refractivity (Wildman–Crippen MR) is 133 cm³/mol. The van der Waals surface area contributed by atoms with Crippen molar-refractivity contribution in [2.45, 2.75) is 64.4 Å². The van der Waals surface area contributed by atoms with Crippen molar-refractivity contribution in [3.05, 3.63) is 82.9 Å². The summed E-state index contributed by atoms with van der Waals surface area (Å²) in [5.41, 5.74) is -0.772. The zero-order valence-electron chi connectivity index (χ0n) is 21.3. The molecule has 38 heavy (non-hydrogen) atoms. The molecule has 1 fully saturated rings. The Morgan fingerprint density at radius 2 is 1.26 bits per heavy atom. The summed E-state index contributed by atoms with van der Waals surface area (Å²) >= 11 is 0. The van der Waals surface area contributed by atoms with Crippen molar-refractivity contribution in [2.24, 2.45) is 5.92 Å². The van der Waals surface area contributed by atoms with Crippen molar-refractivity contribution >= 4 is 0 Å². The Kier molecular flexibility index (Phi) is 8.58. The van der Waals surface area contributed by atoms with Gasteiger partial charge >= 0.3 is 6.11 Å². The van der Waals surface area contributed by atoms with E-state index in [9.17, 15) is 26.3 Å². The normalized spacial score (nSPS) is 17.9. The van der Waals surface area contributed by atoms with Gasteiger partial charge in [-0.05, 0) is 86.4 Å². The molecule has 0 heterocycles. The molecule has 1 aliphatic rings. The number of ether oxygens (including phenoxy) is 2. The van der Waals surface area contributed by atoms with Gasteiger partial charge in [-0.15, -0.1) is 0 Å². The third kappa shape index (κ3) is 5.79. The molecule has 0 aliphatic heterocycles. The van der Waals surface area contributed by atoms with E-state index >= 15 is 0 Å². The number of rotatable bonds is 9. The molecule has 2 nitrogen and oxygen atoms in total. The highest BCUT2D eigenvalue weighted by Crippen LogP contribution is 2.40. The highest BCUT2D eigenvalue weighted by Gasteiger charge is 2.36. The van der Waals surface area contributed by atoms with E-state index in [1.54, 1.807) is 19.1 Å². The molecular weight excluding hydrogens is 506 g/mol. The number of benzene rings is 3. The Bertz CT molecular complexity index is 1250. The Morgan fingerprint density at radius 1 is 0.711 bits per heavy atom. The lowest BCUT2D eigenvalue weighted by Gasteiger charge is -2.29. The van der Waals surface area contributed by atoms with Crippen molar-refractivity contribution < 1.29 is 35.8 Å². The summed E-state index contributed by atoms with van der Waals surface area (Å²) in [6.07, 6.45) is 2.66. The van der Waals surface area contributed by atoms with E-state index < -0.39 is 51.8 Å². The van der Waals surface area contributed by atoms with Gasteiger partial charge in [0.25, 0.3) is 0 Å². The molecule has 0 amide bonds. The van der Waals surface area contributed by atoms with Gasteiger partial charge in [-0.25, -0.2) is 8.78 Å². The molecule has 0 radical (unpaired) electrons. The second-order valence-corrected chi connectivity index (χ2v) is 9.66. The lowest BCUT2D eigenvalue weighted by molar-refractivity contribution is -0.187. The lowest BCUT2D eigenvalue weighted by Crippen LogP contribution is -2.23. The van der Waals surface area contributed by atoms with Crippen LogP contribution in [-0.4, -0.2) is 6.61 Å². The number of hydrogen-bond donors (Lipinski definition) is 0. The predicted octanol–water partition coefficient (Wildman–Crippen LogP) is 9.51. The fourth-order valence-corrected chi connectivity index (χ4v) is 5.16. The molecule has 0 N–H and O–H groups in total. The van der Waals surface area contributed by atoms with Gasteiger partial charge in [-0.1, -0.05) is 31.9 Å². The van der Waals surface area contributed by atoms with Crippen LogP contribution in [0.2, 0.25) is 0 Å². The Balaban J connectivity index is 1.51. The summed E-state index contributed by atoms with van der Waals surface area (Å²) in [6.45, 7) is 3.81. The minimum Gasteiger partial charge on any atom is -0.491 e. The minimum absolute atomic E-state index is 0.0711. The van der Waals surface area contributed by atoms with E-state index in [1.165, 1.54) is 18.6 Å². The lowest BCUT2D eigenvalue weighted by atomic mass is 9.77. The van der Waals surface area contributed by atoms with Crippen LogP contribution in [0.5, 0.6) is 11.5 Å². The number of halogens is 6. The van der Waals surface area contributed by atoms with Gasteiger partial charge in [-0.2, -0.15) is 17.6 Å². The third-order valence-electron chi connectivity index (χ3n) is 7.18.